The Morgan fingerprint density at radius 1 is 1.40 bits per heavy atom. The van der Waals surface area contributed by atoms with Gasteiger partial charge in [0.2, 0.25) is 0 Å². The smallest absolute Gasteiger partial charge is 0.272 e. The quantitative estimate of drug-likeness (QED) is 0.772. The maximum atomic E-state index is 11.3. The van der Waals surface area contributed by atoms with E-state index in [4.69, 9.17) is 5.73 Å². The number of hydrogen-bond donors (Lipinski definition) is 2. The highest BCUT2D eigenvalue weighted by Crippen LogP contribution is 2.22. The molecule has 5 heteroatoms. The van der Waals surface area contributed by atoms with Crippen LogP contribution in [0.25, 0.3) is 10.9 Å². The average molecular weight is 267 g/mol. The molecule has 0 unspecified atom stereocenters. The van der Waals surface area contributed by atoms with Crippen molar-refractivity contribution < 1.29 is 4.79 Å². The van der Waals surface area contributed by atoms with E-state index in [1.807, 2.05) is 0 Å². The van der Waals surface area contributed by atoms with Gasteiger partial charge in [-0.05, 0) is 18.2 Å². The molecule has 0 saturated carbocycles. The summed E-state index contributed by atoms with van der Waals surface area (Å²) in [6.45, 7) is 0. The fraction of sp³-hybridized carbons (Fsp3) is 0. The van der Waals surface area contributed by atoms with Crippen LogP contribution < -0.4 is 11.3 Å². The average Bonchev–Trinajstić information content (AvgIpc) is 2.21. The van der Waals surface area contributed by atoms with Gasteiger partial charge in [-0.25, -0.2) is 0 Å². The second-order valence-electron chi connectivity index (χ2n) is 3.09. The van der Waals surface area contributed by atoms with E-state index in [0.717, 1.165) is 4.47 Å². The number of halogens is 1. The van der Waals surface area contributed by atoms with Crippen LogP contribution in [0.1, 0.15) is 10.4 Å². The Kier molecular flexibility index (Phi) is 2.32. The van der Waals surface area contributed by atoms with Crippen molar-refractivity contribution in [3.8, 4) is 0 Å². The largest absolute Gasteiger partial charge is 0.394 e. The van der Waals surface area contributed by atoms with Crippen molar-refractivity contribution in [1.82, 2.24) is 4.98 Å². The van der Waals surface area contributed by atoms with Crippen molar-refractivity contribution in [2.24, 2.45) is 0 Å². The molecule has 2 rings (SSSR count). The number of hydrogen-bond acceptors (Lipinski definition) is 3. The summed E-state index contributed by atoms with van der Waals surface area (Å²) in [5.74, 6) is 0. The van der Waals surface area contributed by atoms with Crippen molar-refractivity contribution in [2.45, 2.75) is 0 Å². The summed E-state index contributed by atoms with van der Waals surface area (Å²) in [4.78, 5) is 24.8. The number of aromatic nitrogens is 1. The number of carbonyl (C=O) groups is 1. The molecule has 0 bridgehead atoms. The van der Waals surface area contributed by atoms with Crippen LogP contribution in [0, 0.1) is 0 Å². The third-order valence-corrected chi connectivity index (χ3v) is 2.67. The molecule has 1 aromatic carbocycles. The highest BCUT2D eigenvalue weighted by molar-refractivity contribution is 9.10. The van der Waals surface area contributed by atoms with Crippen molar-refractivity contribution in [3.63, 3.8) is 0 Å². The fourth-order valence-electron chi connectivity index (χ4n) is 1.43. The molecule has 0 amide bonds. The minimum Gasteiger partial charge on any atom is -0.394 e. The predicted octanol–water partition coefficient (Wildman–Crippen LogP) is 1.69. The molecule has 4 nitrogen and oxygen atoms in total. The Morgan fingerprint density at radius 2 is 2.13 bits per heavy atom. The van der Waals surface area contributed by atoms with E-state index in [1.165, 1.54) is 0 Å². The van der Waals surface area contributed by atoms with E-state index in [2.05, 4.69) is 20.9 Å². The summed E-state index contributed by atoms with van der Waals surface area (Å²) in [6, 6.07) is 5.24. The molecular weight excluding hydrogens is 260 g/mol. The first-order valence-corrected chi connectivity index (χ1v) is 4.99. The molecule has 1 aromatic heterocycles. The van der Waals surface area contributed by atoms with E-state index in [9.17, 15) is 9.59 Å². The van der Waals surface area contributed by atoms with Gasteiger partial charge in [-0.1, -0.05) is 15.9 Å². The molecule has 0 aliphatic rings. The molecule has 0 radical (unpaired) electrons. The summed E-state index contributed by atoms with van der Waals surface area (Å²) in [6.07, 6.45) is 0.597. The number of H-pyrrole nitrogens is 1. The summed E-state index contributed by atoms with van der Waals surface area (Å²) in [7, 11) is 0. The highest BCUT2D eigenvalue weighted by atomic mass is 79.9. The molecule has 0 aliphatic heterocycles. The Bertz CT molecular complexity index is 604. The van der Waals surface area contributed by atoms with E-state index in [0.29, 0.717) is 17.2 Å². The summed E-state index contributed by atoms with van der Waals surface area (Å²) < 4.78 is 0.824. The molecular formula is C10H7BrN2O2. The summed E-state index contributed by atoms with van der Waals surface area (Å²) in [5, 5.41) is 0.636. The lowest BCUT2D eigenvalue weighted by Crippen LogP contribution is -2.14. The van der Waals surface area contributed by atoms with Gasteiger partial charge in [0.25, 0.3) is 5.56 Å². The zero-order chi connectivity index (χ0) is 11.0. The second-order valence-corrected chi connectivity index (χ2v) is 4.00. The van der Waals surface area contributed by atoms with Gasteiger partial charge in [-0.3, -0.25) is 9.59 Å². The van der Waals surface area contributed by atoms with Crippen molar-refractivity contribution in [2.75, 3.05) is 5.73 Å². The van der Waals surface area contributed by atoms with Crippen LogP contribution in [0.5, 0.6) is 0 Å². The lowest BCUT2D eigenvalue weighted by molar-refractivity contribution is 0.112. The number of nitrogens with one attached hydrogen (secondary N) is 1. The maximum absolute atomic E-state index is 11.3. The molecule has 0 spiro atoms. The van der Waals surface area contributed by atoms with Crippen molar-refractivity contribution in [3.05, 3.63) is 38.6 Å². The zero-order valence-corrected chi connectivity index (χ0v) is 9.17. The second kappa shape index (κ2) is 3.51. The monoisotopic (exact) mass is 266 g/mol. The van der Waals surface area contributed by atoms with Crippen LogP contribution in [0.3, 0.4) is 0 Å². The topological polar surface area (TPSA) is 76.0 Å². The van der Waals surface area contributed by atoms with Crippen molar-refractivity contribution in [1.29, 1.82) is 0 Å². The number of aromatic amines is 1. The predicted molar refractivity (Wildman–Crippen MR) is 62.1 cm³/mol. The van der Waals surface area contributed by atoms with Gasteiger partial charge in [-0.15, -0.1) is 0 Å². The number of fused-ring (bicyclic) bond motifs is 1. The standard InChI is InChI=1S/C10H7BrN2O2/c11-5-1-2-8-6(3-5)7(4-14)9(12)10(15)13-8/h1-4H,12H2,(H,13,15). The third kappa shape index (κ3) is 1.55. The first-order valence-electron chi connectivity index (χ1n) is 4.19. The number of aldehydes is 1. The van der Waals surface area contributed by atoms with Crippen LogP contribution in [-0.4, -0.2) is 11.3 Å². The molecule has 3 N–H and O–H groups in total. The Labute approximate surface area is 93.2 Å². The number of pyridine rings is 1. The SMILES string of the molecule is Nc1c(C=O)c2cc(Br)ccc2[nH]c1=O. The lowest BCUT2D eigenvalue weighted by Gasteiger charge is -2.04. The number of carbonyl (C=O) groups excluding carboxylic acids is 1. The summed E-state index contributed by atoms with van der Waals surface area (Å²) >= 11 is 3.29. The number of anilines is 1. The van der Waals surface area contributed by atoms with Crippen LogP contribution in [0.2, 0.25) is 0 Å². The van der Waals surface area contributed by atoms with Crippen LogP contribution in [0.15, 0.2) is 27.5 Å². The van der Waals surface area contributed by atoms with Gasteiger partial charge in [0.1, 0.15) is 5.69 Å². The Morgan fingerprint density at radius 3 is 2.80 bits per heavy atom. The first kappa shape index (κ1) is 9.92. The lowest BCUT2D eigenvalue weighted by atomic mass is 10.1. The molecule has 0 aliphatic carbocycles. The molecule has 2 aromatic rings. The van der Waals surface area contributed by atoms with Crippen LogP contribution in [-0.2, 0) is 0 Å². The third-order valence-electron chi connectivity index (χ3n) is 2.17. The summed E-state index contributed by atoms with van der Waals surface area (Å²) in [5.41, 5.74) is 5.86. The van der Waals surface area contributed by atoms with E-state index >= 15 is 0 Å². The fourth-order valence-corrected chi connectivity index (χ4v) is 1.79. The number of rotatable bonds is 1. The van der Waals surface area contributed by atoms with E-state index in [1.54, 1.807) is 18.2 Å². The number of benzene rings is 1. The van der Waals surface area contributed by atoms with Crippen LogP contribution >= 0.6 is 15.9 Å². The number of nitrogens with two attached hydrogens (primary N) is 1. The van der Waals surface area contributed by atoms with Gasteiger partial charge >= 0.3 is 0 Å². The van der Waals surface area contributed by atoms with Gasteiger partial charge in [-0.2, -0.15) is 0 Å². The molecule has 0 saturated heterocycles. The van der Waals surface area contributed by atoms with Crippen LogP contribution in [0.4, 0.5) is 5.69 Å². The van der Waals surface area contributed by atoms with Crippen molar-refractivity contribution >= 4 is 38.8 Å². The minimum atomic E-state index is -0.438. The highest BCUT2D eigenvalue weighted by Gasteiger charge is 2.08. The first-order chi connectivity index (χ1) is 7.13. The van der Waals surface area contributed by atoms with Gasteiger partial charge < -0.3 is 10.7 Å². The molecule has 76 valence electrons. The Balaban J connectivity index is 3.02. The molecule has 0 atom stereocenters. The van der Waals surface area contributed by atoms with Gasteiger partial charge in [0, 0.05) is 15.4 Å². The normalized spacial score (nSPS) is 10.5. The van der Waals surface area contributed by atoms with E-state index < -0.39 is 5.56 Å². The maximum Gasteiger partial charge on any atom is 0.272 e. The van der Waals surface area contributed by atoms with Gasteiger partial charge in [0.05, 0.1) is 5.56 Å². The molecule has 1 heterocycles. The molecule has 0 fully saturated rings. The Hall–Kier alpha value is -1.62. The minimum absolute atomic E-state index is 0.0457. The number of nitrogen functional groups attached to an aromatic ring is 1. The molecule has 15 heavy (non-hydrogen) atoms. The zero-order valence-electron chi connectivity index (χ0n) is 7.58. The van der Waals surface area contributed by atoms with Gasteiger partial charge in [0.15, 0.2) is 6.29 Å². The van der Waals surface area contributed by atoms with E-state index in [-0.39, 0.29) is 11.3 Å².